The van der Waals surface area contributed by atoms with Crippen molar-refractivity contribution >= 4 is 18.4 Å². The van der Waals surface area contributed by atoms with Gasteiger partial charge in [0.25, 0.3) is 0 Å². The van der Waals surface area contributed by atoms with Crippen LogP contribution in [0.3, 0.4) is 0 Å². The van der Waals surface area contributed by atoms with E-state index in [4.69, 9.17) is 0 Å². The standard InChI is InChI=1S/C10H10BF4O2/c1-17-10(16)9(12)6-7-2-4-8(5-3-7)11(13,14)15/h2-5,9H,6H2,1H3/q-1. The van der Waals surface area contributed by atoms with Crippen LogP contribution in [0.15, 0.2) is 24.3 Å². The summed E-state index contributed by atoms with van der Waals surface area (Å²) in [7, 11) is 1.05. The predicted molar refractivity (Wildman–Crippen MR) is 55.8 cm³/mol. The Morgan fingerprint density at radius 3 is 2.24 bits per heavy atom. The molecule has 1 aromatic rings. The van der Waals surface area contributed by atoms with Gasteiger partial charge in [0, 0.05) is 6.42 Å². The smallest absolute Gasteiger partial charge is 0.467 e. The van der Waals surface area contributed by atoms with E-state index in [1.807, 2.05) is 0 Å². The Morgan fingerprint density at radius 1 is 1.29 bits per heavy atom. The van der Waals surface area contributed by atoms with Crippen molar-refractivity contribution in [1.29, 1.82) is 0 Å². The maximum Gasteiger partial charge on any atom is 0.509 e. The van der Waals surface area contributed by atoms with Gasteiger partial charge in [-0.15, -0.1) is 5.46 Å². The Kier molecular flexibility index (Phi) is 4.14. The monoisotopic (exact) mass is 249 g/mol. The van der Waals surface area contributed by atoms with Crippen LogP contribution in [0.2, 0.25) is 0 Å². The van der Waals surface area contributed by atoms with Crippen molar-refractivity contribution in [3.8, 4) is 0 Å². The number of rotatable bonds is 4. The molecule has 0 bridgehead atoms. The second-order valence-electron chi connectivity index (χ2n) is 3.51. The summed E-state index contributed by atoms with van der Waals surface area (Å²) in [4.78, 5) is 10.8. The molecule has 0 spiro atoms. The fourth-order valence-corrected chi connectivity index (χ4v) is 1.29. The molecule has 0 radical (unpaired) electrons. The van der Waals surface area contributed by atoms with Gasteiger partial charge in [0.1, 0.15) is 0 Å². The van der Waals surface area contributed by atoms with E-state index < -0.39 is 24.6 Å². The summed E-state index contributed by atoms with van der Waals surface area (Å²) in [6.45, 7) is -5.05. The summed E-state index contributed by atoms with van der Waals surface area (Å²) in [6, 6.07) is 4.05. The molecule has 0 amide bonds. The van der Waals surface area contributed by atoms with E-state index in [2.05, 4.69) is 4.74 Å². The number of benzene rings is 1. The molecule has 0 heterocycles. The number of halogens is 4. The number of esters is 1. The number of hydrogen-bond donors (Lipinski definition) is 0. The molecule has 17 heavy (non-hydrogen) atoms. The van der Waals surface area contributed by atoms with Gasteiger partial charge in [-0.3, -0.25) is 0 Å². The molecule has 0 aliphatic carbocycles. The first kappa shape index (κ1) is 13.5. The van der Waals surface area contributed by atoms with Gasteiger partial charge in [0.15, 0.2) is 0 Å². The van der Waals surface area contributed by atoms with Crippen LogP contribution in [0.1, 0.15) is 5.56 Å². The lowest BCUT2D eigenvalue weighted by Gasteiger charge is -2.15. The first-order valence-corrected chi connectivity index (χ1v) is 4.85. The van der Waals surface area contributed by atoms with Gasteiger partial charge in [-0.2, -0.15) is 0 Å². The SMILES string of the molecule is COC(=O)C(F)Cc1ccc([B-](F)(F)F)cc1. The Hall–Kier alpha value is -1.53. The molecule has 0 saturated carbocycles. The van der Waals surface area contributed by atoms with Gasteiger partial charge in [0.05, 0.1) is 7.11 Å². The molecule has 1 atom stereocenters. The second kappa shape index (κ2) is 5.20. The number of ether oxygens (including phenoxy) is 1. The number of carbonyl (C=O) groups is 1. The van der Waals surface area contributed by atoms with Crippen molar-refractivity contribution in [2.45, 2.75) is 12.6 Å². The van der Waals surface area contributed by atoms with Crippen LogP contribution in [-0.4, -0.2) is 26.2 Å². The molecule has 1 rings (SSSR count). The summed E-state index contributed by atoms with van der Waals surface area (Å²) >= 11 is 0. The number of carbonyl (C=O) groups excluding carboxylic acids is 1. The third-order valence-electron chi connectivity index (χ3n) is 2.23. The van der Waals surface area contributed by atoms with Crippen LogP contribution < -0.4 is 5.46 Å². The van der Waals surface area contributed by atoms with E-state index in [-0.39, 0.29) is 6.42 Å². The maximum absolute atomic E-state index is 13.1. The highest BCUT2D eigenvalue weighted by Crippen LogP contribution is 2.11. The predicted octanol–water partition coefficient (Wildman–Crippen LogP) is 1.79. The third-order valence-corrected chi connectivity index (χ3v) is 2.23. The van der Waals surface area contributed by atoms with Crippen LogP contribution in [0.25, 0.3) is 0 Å². The van der Waals surface area contributed by atoms with E-state index in [0.29, 0.717) is 5.56 Å². The van der Waals surface area contributed by atoms with Crippen LogP contribution in [0, 0.1) is 0 Å². The lowest BCUT2D eigenvalue weighted by molar-refractivity contribution is -0.146. The zero-order valence-corrected chi connectivity index (χ0v) is 9.00. The summed E-state index contributed by atoms with van der Waals surface area (Å²) in [6.07, 6.45) is -2.15. The highest BCUT2D eigenvalue weighted by Gasteiger charge is 2.25. The van der Waals surface area contributed by atoms with Crippen molar-refractivity contribution in [3.05, 3.63) is 29.8 Å². The molecule has 1 aromatic carbocycles. The van der Waals surface area contributed by atoms with Crippen LogP contribution >= 0.6 is 0 Å². The zero-order chi connectivity index (χ0) is 13.1. The lowest BCUT2D eigenvalue weighted by atomic mass is 9.80. The Morgan fingerprint density at radius 2 is 1.82 bits per heavy atom. The minimum absolute atomic E-state index is 0.294. The summed E-state index contributed by atoms with van der Waals surface area (Å²) < 4.78 is 54.1. The van der Waals surface area contributed by atoms with E-state index >= 15 is 0 Å². The Bertz CT molecular complexity index is 388. The highest BCUT2D eigenvalue weighted by atomic mass is 19.4. The van der Waals surface area contributed by atoms with E-state index in [9.17, 15) is 22.1 Å². The summed E-state index contributed by atoms with van der Waals surface area (Å²) in [5, 5.41) is 0. The lowest BCUT2D eigenvalue weighted by Crippen LogP contribution is -2.33. The van der Waals surface area contributed by atoms with Gasteiger partial charge < -0.3 is 17.7 Å². The van der Waals surface area contributed by atoms with Crippen LogP contribution in [0.4, 0.5) is 17.3 Å². The van der Waals surface area contributed by atoms with E-state index in [1.165, 1.54) is 0 Å². The second-order valence-corrected chi connectivity index (χ2v) is 3.51. The molecule has 0 saturated heterocycles. The van der Waals surface area contributed by atoms with Crippen molar-refractivity contribution in [2.75, 3.05) is 7.11 Å². The van der Waals surface area contributed by atoms with Crippen molar-refractivity contribution in [3.63, 3.8) is 0 Å². The molecule has 0 aromatic heterocycles. The zero-order valence-electron chi connectivity index (χ0n) is 9.00. The first-order chi connectivity index (χ1) is 7.84. The molecule has 0 fully saturated rings. The molecule has 0 aliphatic heterocycles. The summed E-state index contributed by atoms with van der Waals surface area (Å²) in [5.74, 6) is -1.03. The molecule has 0 N–H and O–H groups in total. The van der Waals surface area contributed by atoms with Crippen LogP contribution in [-0.2, 0) is 16.0 Å². The third kappa shape index (κ3) is 3.76. The van der Waals surface area contributed by atoms with Gasteiger partial charge in [0.2, 0.25) is 6.17 Å². The maximum atomic E-state index is 13.1. The topological polar surface area (TPSA) is 26.3 Å². The summed E-state index contributed by atoms with van der Waals surface area (Å²) in [5.41, 5.74) is -0.436. The number of alkyl halides is 1. The van der Waals surface area contributed by atoms with Crippen LogP contribution in [0.5, 0.6) is 0 Å². The Labute approximate surface area is 95.6 Å². The van der Waals surface area contributed by atoms with Crippen molar-refractivity contribution < 1.29 is 26.9 Å². The van der Waals surface area contributed by atoms with Gasteiger partial charge in [-0.05, 0) is 5.56 Å². The van der Waals surface area contributed by atoms with Crippen molar-refractivity contribution in [2.24, 2.45) is 0 Å². The quantitative estimate of drug-likeness (QED) is 0.462. The molecular formula is C10H10BF4O2-. The average Bonchev–Trinajstić information content (AvgIpc) is 2.27. The molecule has 7 heteroatoms. The van der Waals surface area contributed by atoms with Gasteiger partial charge >= 0.3 is 12.9 Å². The minimum atomic E-state index is -5.05. The number of methoxy groups -OCH3 is 1. The molecule has 94 valence electrons. The first-order valence-electron chi connectivity index (χ1n) is 4.85. The Balaban J connectivity index is 2.72. The molecule has 2 nitrogen and oxygen atoms in total. The largest absolute Gasteiger partial charge is 0.509 e. The highest BCUT2D eigenvalue weighted by molar-refractivity contribution is 6.73. The van der Waals surface area contributed by atoms with Crippen molar-refractivity contribution in [1.82, 2.24) is 0 Å². The normalized spacial score (nSPS) is 13.2. The molecule has 1 unspecified atom stereocenters. The van der Waals surface area contributed by atoms with E-state index in [1.54, 1.807) is 0 Å². The molecular weight excluding hydrogens is 239 g/mol. The minimum Gasteiger partial charge on any atom is -0.467 e. The average molecular weight is 249 g/mol. The fourth-order valence-electron chi connectivity index (χ4n) is 1.29. The van der Waals surface area contributed by atoms with Gasteiger partial charge in [-0.25, -0.2) is 9.18 Å². The van der Waals surface area contributed by atoms with Gasteiger partial charge in [-0.1, -0.05) is 24.3 Å². The van der Waals surface area contributed by atoms with E-state index in [0.717, 1.165) is 31.4 Å². The molecule has 0 aliphatic rings. The number of hydrogen-bond acceptors (Lipinski definition) is 2. The fraction of sp³-hybridized carbons (Fsp3) is 0.300.